The number of aryl methyl sites for hydroxylation is 4. The van der Waals surface area contributed by atoms with E-state index in [1.54, 1.807) is 0 Å². The van der Waals surface area contributed by atoms with E-state index in [4.69, 9.17) is 9.47 Å². The molecule has 54 heavy (non-hydrogen) atoms. The van der Waals surface area contributed by atoms with Crippen LogP contribution in [0.5, 0.6) is 11.5 Å². The summed E-state index contributed by atoms with van der Waals surface area (Å²) in [6.07, 6.45) is 0. The van der Waals surface area contributed by atoms with Gasteiger partial charge < -0.3 is 30.7 Å². The van der Waals surface area contributed by atoms with Crippen molar-refractivity contribution in [2.24, 2.45) is 0 Å². The van der Waals surface area contributed by atoms with Gasteiger partial charge in [0.05, 0.1) is 11.4 Å². The molecule has 0 atom stereocenters. The van der Waals surface area contributed by atoms with Gasteiger partial charge in [0.15, 0.2) is 0 Å². The first-order valence-electron chi connectivity index (χ1n) is 18.3. The van der Waals surface area contributed by atoms with Crippen molar-refractivity contribution in [3.63, 3.8) is 0 Å². The maximum Gasteiger partial charge on any atom is 0.143 e. The van der Waals surface area contributed by atoms with Crippen molar-refractivity contribution < 1.29 is 9.47 Å². The molecule has 270 valence electrons. The summed E-state index contributed by atoms with van der Waals surface area (Å²) in [4.78, 5) is 0. The van der Waals surface area contributed by atoms with Gasteiger partial charge in [-0.1, -0.05) is 95.1 Å². The third-order valence-electron chi connectivity index (χ3n) is 9.11. The van der Waals surface area contributed by atoms with Crippen molar-refractivity contribution in [2.45, 2.75) is 40.9 Å². The Morgan fingerprint density at radius 2 is 0.593 bits per heavy atom. The highest BCUT2D eigenvalue weighted by atomic mass is 16.5. The standard InChI is InChI=1S/C48H46N4O2/c1-33-5-17-39(18-6-33)49-43-25-27-47(45(29-43)51-41-21-9-35(3)10-22-41)53-31-37-13-15-38(16-14-37)32-54-48-28-26-44(50-40-19-7-34(2)8-20-40)30-46(48)52-42-23-11-36(4)12-24-42/h5-30,49-52H,31-32H2,1-4H3. The highest BCUT2D eigenvalue weighted by Crippen LogP contribution is 2.35. The van der Waals surface area contributed by atoms with Crippen molar-refractivity contribution in [3.8, 4) is 11.5 Å². The molecule has 0 amide bonds. The summed E-state index contributed by atoms with van der Waals surface area (Å²) in [5, 5.41) is 14.2. The van der Waals surface area contributed by atoms with Gasteiger partial charge in [-0.15, -0.1) is 0 Å². The molecule has 0 aliphatic rings. The average molecular weight is 711 g/mol. The van der Waals surface area contributed by atoms with Crippen LogP contribution in [0, 0.1) is 27.7 Å². The molecule has 6 heteroatoms. The SMILES string of the molecule is Cc1ccc(Nc2ccc(OCc3ccc(COc4ccc(Nc5ccc(C)cc5)cc4Nc4ccc(C)cc4)cc3)c(Nc3ccc(C)cc3)c2)cc1. The van der Waals surface area contributed by atoms with E-state index in [1.165, 1.54) is 22.3 Å². The first-order chi connectivity index (χ1) is 26.3. The van der Waals surface area contributed by atoms with Crippen LogP contribution in [0.25, 0.3) is 0 Å². The molecular formula is C48H46N4O2. The Balaban J connectivity index is 1.02. The van der Waals surface area contributed by atoms with Crippen molar-refractivity contribution in [2.75, 3.05) is 21.3 Å². The van der Waals surface area contributed by atoms with Crippen LogP contribution in [0.3, 0.4) is 0 Å². The lowest BCUT2D eigenvalue weighted by atomic mass is 10.1. The predicted molar refractivity (Wildman–Crippen MR) is 226 cm³/mol. The lowest BCUT2D eigenvalue weighted by Gasteiger charge is -2.17. The van der Waals surface area contributed by atoms with Crippen LogP contribution in [0.1, 0.15) is 33.4 Å². The highest BCUT2D eigenvalue weighted by molar-refractivity contribution is 5.75. The Morgan fingerprint density at radius 3 is 0.907 bits per heavy atom. The third-order valence-corrected chi connectivity index (χ3v) is 9.11. The highest BCUT2D eigenvalue weighted by Gasteiger charge is 2.10. The number of hydrogen-bond acceptors (Lipinski definition) is 6. The second kappa shape index (κ2) is 16.8. The number of benzene rings is 7. The normalized spacial score (nSPS) is 10.7. The second-order valence-corrected chi connectivity index (χ2v) is 13.8. The molecule has 0 saturated heterocycles. The third kappa shape index (κ3) is 9.81. The number of anilines is 8. The molecule has 0 spiro atoms. The van der Waals surface area contributed by atoms with E-state index >= 15 is 0 Å². The number of ether oxygens (including phenoxy) is 2. The largest absolute Gasteiger partial charge is 0.487 e. The minimum absolute atomic E-state index is 0.425. The van der Waals surface area contributed by atoms with Crippen LogP contribution in [-0.4, -0.2) is 0 Å². The lowest BCUT2D eigenvalue weighted by molar-refractivity contribution is 0.304. The fourth-order valence-corrected chi connectivity index (χ4v) is 5.91. The zero-order valence-electron chi connectivity index (χ0n) is 31.2. The van der Waals surface area contributed by atoms with Crippen LogP contribution in [0.2, 0.25) is 0 Å². The summed E-state index contributed by atoms with van der Waals surface area (Å²) in [5.74, 6) is 1.54. The quantitative estimate of drug-likeness (QED) is 0.0901. The Bertz CT molecular complexity index is 2120. The molecule has 0 heterocycles. The molecule has 0 radical (unpaired) electrons. The monoisotopic (exact) mass is 710 g/mol. The van der Waals surface area contributed by atoms with Gasteiger partial charge in [0.25, 0.3) is 0 Å². The number of hydrogen-bond donors (Lipinski definition) is 4. The smallest absolute Gasteiger partial charge is 0.143 e. The molecule has 7 aromatic carbocycles. The zero-order chi connectivity index (χ0) is 37.3. The van der Waals surface area contributed by atoms with Gasteiger partial charge in [0.1, 0.15) is 24.7 Å². The van der Waals surface area contributed by atoms with Crippen LogP contribution >= 0.6 is 0 Å². The van der Waals surface area contributed by atoms with Gasteiger partial charge in [0.2, 0.25) is 0 Å². The molecule has 0 aliphatic heterocycles. The summed E-state index contributed by atoms with van der Waals surface area (Å²) in [6.45, 7) is 9.21. The van der Waals surface area contributed by atoms with Crippen LogP contribution in [0.4, 0.5) is 45.5 Å². The molecule has 0 unspecified atom stereocenters. The maximum absolute atomic E-state index is 6.41. The molecular weight excluding hydrogens is 665 g/mol. The van der Waals surface area contributed by atoms with E-state index in [0.29, 0.717) is 13.2 Å². The van der Waals surface area contributed by atoms with Crippen LogP contribution < -0.4 is 30.7 Å². The Kier molecular flexibility index (Phi) is 11.1. The molecule has 7 aromatic rings. The fourth-order valence-electron chi connectivity index (χ4n) is 5.91. The minimum atomic E-state index is 0.425. The molecule has 0 aliphatic carbocycles. The number of nitrogens with one attached hydrogen (secondary N) is 4. The molecule has 0 fully saturated rings. The van der Waals surface area contributed by atoms with Crippen molar-refractivity contribution >= 4 is 45.5 Å². The van der Waals surface area contributed by atoms with Gasteiger partial charge in [0, 0.05) is 34.1 Å². The zero-order valence-corrected chi connectivity index (χ0v) is 31.2. The summed E-state index contributed by atoms with van der Waals surface area (Å²) >= 11 is 0. The van der Waals surface area contributed by atoms with Crippen molar-refractivity contribution in [3.05, 3.63) is 191 Å². The van der Waals surface area contributed by atoms with Crippen LogP contribution in [-0.2, 0) is 13.2 Å². The van der Waals surface area contributed by atoms with E-state index in [9.17, 15) is 0 Å². The van der Waals surface area contributed by atoms with Crippen molar-refractivity contribution in [1.29, 1.82) is 0 Å². The Morgan fingerprint density at radius 1 is 0.315 bits per heavy atom. The van der Waals surface area contributed by atoms with E-state index < -0.39 is 0 Å². The van der Waals surface area contributed by atoms with Gasteiger partial charge in [-0.3, -0.25) is 0 Å². The summed E-state index contributed by atoms with van der Waals surface area (Å²) in [7, 11) is 0. The lowest BCUT2D eigenvalue weighted by Crippen LogP contribution is -2.02. The predicted octanol–water partition coefficient (Wildman–Crippen LogP) is 13.1. The average Bonchev–Trinajstić information content (AvgIpc) is 3.18. The Labute approximate surface area is 318 Å². The fraction of sp³-hybridized carbons (Fsp3) is 0.125. The van der Waals surface area contributed by atoms with Gasteiger partial charge in [-0.25, -0.2) is 0 Å². The first-order valence-corrected chi connectivity index (χ1v) is 18.3. The second-order valence-electron chi connectivity index (χ2n) is 13.8. The topological polar surface area (TPSA) is 66.6 Å². The minimum Gasteiger partial charge on any atom is -0.487 e. The molecule has 0 saturated carbocycles. The first kappa shape index (κ1) is 35.7. The molecule has 6 nitrogen and oxygen atoms in total. The summed E-state index contributed by atoms with van der Waals surface area (Å²) in [6, 6.07) is 54.2. The van der Waals surface area contributed by atoms with E-state index in [1.807, 2.05) is 24.3 Å². The van der Waals surface area contributed by atoms with Crippen LogP contribution in [0.15, 0.2) is 158 Å². The van der Waals surface area contributed by atoms with Gasteiger partial charge in [-0.2, -0.15) is 0 Å². The number of rotatable bonds is 14. The van der Waals surface area contributed by atoms with Crippen molar-refractivity contribution in [1.82, 2.24) is 0 Å². The van der Waals surface area contributed by atoms with E-state index in [-0.39, 0.29) is 0 Å². The van der Waals surface area contributed by atoms with E-state index in [2.05, 4.69) is 182 Å². The summed E-state index contributed by atoms with van der Waals surface area (Å²) < 4.78 is 12.8. The molecule has 0 bridgehead atoms. The molecule has 0 aromatic heterocycles. The summed E-state index contributed by atoms with van der Waals surface area (Å²) in [5.41, 5.74) is 14.8. The Hall–Kier alpha value is -6.66. The molecule has 4 N–H and O–H groups in total. The van der Waals surface area contributed by atoms with Gasteiger partial charge in [-0.05, 0) is 124 Å². The van der Waals surface area contributed by atoms with E-state index in [0.717, 1.165) is 68.1 Å². The van der Waals surface area contributed by atoms with Gasteiger partial charge >= 0.3 is 0 Å². The maximum atomic E-state index is 6.41. The molecule has 7 rings (SSSR count).